The van der Waals surface area contributed by atoms with Crippen molar-refractivity contribution >= 4 is 15.8 Å². The topological polar surface area (TPSA) is 104 Å². The molecule has 1 heterocycles. The first kappa shape index (κ1) is 17.8. The van der Waals surface area contributed by atoms with Crippen molar-refractivity contribution in [1.82, 2.24) is 20.2 Å². The summed E-state index contributed by atoms with van der Waals surface area (Å²) in [5, 5.41) is 10.6. The van der Waals surface area contributed by atoms with E-state index in [0.717, 1.165) is 0 Å². The third kappa shape index (κ3) is 4.48. The number of hydrogen-bond acceptors (Lipinski definition) is 7. The number of tetrazole rings is 1. The standard InChI is InChI=1S/C15H18N4O4S/c1-3-23-14(20)11-12(2)9-10-24(21,22)15-16-17-18-19(15)13-7-5-4-6-8-13/h4-8,11H,3,9-10H2,1-2H3/b12-11+. The molecule has 2 aromatic rings. The molecule has 128 valence electrons. The molecule has 0 N–H and O–H groups in total. The number of carbonyl (C=O) groups is 1. The van der Waals surface area contributed by atoms with Crippen LogP contribution >= 0.6 is 0 Å². The van der Waals surface area contributed by atoms with Gasteiger partial charge in [-0.3, -0.25) is 0 Å². The van der Waals surface area contributed by atoms with Crippen LogP contribution in [0, 0.1) is 0 Å². The minimum Gasteiger partial charge on any atom is -0.463 e. The van der Waals surface area contributed by atoms with Crippen LogP contribution in [0.4, 0.5) is 0 Å². The summed E-state index contributed by atoms with van der Waals surface area (Å²) >= 11 is 0. The maximum absolute atomic E-state index is 12.5. The van der Waals surface area contributed by atoms with E-state index in [-0.39, 0.29) is 23.9 Å². The first-order chi connectivity index (χ1) is 11.4. The van der Waals surface area contributed by atoms with Gasteiger partial charge in [0.05, 0.1) is 18.0 Å². The van der Waals surface area contributed by atoms with E-state index < -0.39 is 15.8 Å². The summed E-state index contributed by atoms with van der Waals surface area (Å²) < 4.78 is 31.0. The molecule has 0 aliphatic heterocycles. The van der Waals surface area contributed by atoms with Crippen molar-refractivity contribution in [2.75, 3.05) is 12.4 Å². The Morgan fingerprint density at radius 3 is 2.67 bits per heavy atom. The van der Waals surface area contributed by atoms with Gasteiger partial charge in [0.15, 0.2) is 0 Å². The van der Waals surface area contributed by atoms with Crippen molar-refractivity contribution in [1.29, 1.82) is 0 Å². The van der Waals surface area contributed by atoms with Crippen molar-refractivity contribution < 1.29 is 17.9 Å². The van der Waals surface area contributed by atoms with E-state index in [9.17, 15) is 13.2 Å². The van der Waals surface area contributed by atoms with Gasteiger partial charge in [-0.2, -0.15) is 4.68 Å². The second-order valence-corrected chi connectivity index (χ2v) is 7.02. The number of nitrogens with zero attached hydrogens (tertiary/aromatic N) is 4. The Morgan fingerprint density at radius 1 is 1.29 bits per heavy atom. The first-order valence-electron chi connectivity index (χ1n) is 7.34. The van der Waals surface area contributed by atoms with Gasteiger partial charge in [0.2, 0.25) is 9.84 Å². The van der Waals surface area contributed by atoms with Crippen LogP contribution < -0.4 is 0 Å². The summed E-state index contributed by atoms with van der Waals surface area (Å²) in [6, 6.07) is 8.76. The molecular weight excluding hydrogens is 332 g/mol. The zero-order valence-electron chi connectivity index (χ0n) is 13.4. The zero-order valence-corrected chi connectivity index (χ0v) is 14.2. The lowest BCUT2D eigenvalue weighted by Gasteiger charge is -2.06. The summed E-state index contributed by atoms with van der Waals surface area (Å²) in [5.41, 5.74) is 1.16. The highest BCUT2D eigenvalue weighted by Gasteiger charge is 2.23. The second-order valence-electron chi connectivity index (χ2n) is 5.02. The molecule has 0 atom stereocenters. The van der Waals surface area contributed by atoms with E-state index in [4.69, 9.17) is 4.74 Å². The molecule has 0 amide bonds. The number of allylic oxidation sites excluding steroid dienone is 1. The van der Waals surface area contributed by atoms with Gasteiger partial charge < -0.3 is 4.74 Å². The molecule has 1 aromatic carbocycles. The Labute approximate surface area is 140 Å². The third-order valence-electron chi connectivity index (χ3n) is 3.14. The van der Waals surface area contributed by atoms with Crippen LogP contribution in [0.2, 0.25) is 0 Å². The summed E-state index contributed by atoms with van der Waals surface area (Å²) in [6.07, 6.45) is 1.47. The fourth-order valence-corrected chi connectivity index (χ4v) is 3.29. The Kier molecular flexibility index (Phi) is 5.80. The Bertz CT molecular complexity index is 828. The largest absolute Gasteiger partial charge is 0.463 e. The molecule has 0 saturated carbocycles. The van der Waals surface area contributed by atoms with Gasteiger partial charge in [-0.1, -0.05) is 28.9 Å². The Morgan fingerprint density at radius 2 is 2.00 bits per heavy atom. The molecule has 0 radical (unpaired) electrons. The van der Waals surface area contributed by atoms with Crippen LogP contribution in [0.5, 0.6) is 0 Å². The van der Waals surface area contributed by atoms with Gasteiger partial charge in [-0.25, -0.2) is 13.2 Å². The molecule has 0 aliphatic carbocycles. The average Bonchev–Trinajstić information content (AvgIpc) is 3.05. The molecule has 0 saturated heterocycles. The first-order valence-corrected chi connectivity index (χ1v) is 8.99. The van der Waals surface area contributed by atoms with Gasteiger partial charge in [-0.05, 0) is 42.8 Å². The highest BCUT2D eigenvalue weighted by Crippen LogP contribution is 2.15. The van der Waals surface area contributed by atoms with Gasteiger partial charge in [0.25, 0.3) is 5.16 Å². The number of para-hydroxylation sites is 1. The predicted octanol–water partition coefficient (Wildman–Crippen LogP) is 1.34. The van der Waals surface area contributed by atoms with Crippen LogP contribution in [-0.4, -0.2) is 47.0 Å². The van der Waals surface area contributed by atoms with Crippen molar-refractivity contribution in [2.24, 2.45) is 0 Å². The van der Waals surface area contributed by atoms with Gasteiger partial charge in [0, 0.05) is 6.08 Å². The van der Waals surface area contributed by atoms with Crippen LogP contribution in [-0.2, 0) is 19.4 Å². The van der Waals surface area contributed by atoms with E-state index in [2.05, 4.69) is 15.5 Å². The summed E-state index contributed by atoms with van der Waals surface area (Å²) in [5.74, 6) is -0.691. The summed E-state index contributed by atoms with van der Waals surface area (Å²) in [6.45, 7) is 3.65. The Balaban J connectivity index is 2.15. The lowest BCUT2D eigenvalue weighted by atomic mass is 10.2. The highest BCUT2D eigenvalue weighted by atomic mass is 32.2. The van der Waals surface area contributed by atoms with Crippen molar-refractivity contribution in [2.45, 2.75) is 25.4 Å². The van der Waals surface area contributed by atoms with Gasteiger partial charge in [-0.15, -0.1) is 0 Å². The highest BCUT2D eigenvalue weighted by molar-refractivity contribution is 7.91. The molecule has 0 unspecified atom stereocenters. The molecule has 1 aromatic heterocycles. The number of hydrogen-bond donors (Lipinski definition) is 0. The van der Waals surface area contributed by atoms with E-state index in [1.807, 2.05) is 6.07 Å². The molecule has 2 rings (SSSR count). The number of esters is 1. The van der Waals surface area contributed by atoms with Gasteiger partial charge >= 0.3 is 5.97 Å². The van der Waals surface area contributed by atoms with Crippen LogP contribution in [0.1, 0.15) is 20.3 Å². The molecule has 0 bridgehead atoms. The van der Waals surface area contributed by atoms with Gasteiger partial charge in [0.1, 0.15) is 0 Å². The molecule has 0 fully saturated rings. The van der Waals surface area contributed by atoms with Crippen molar-refractivity contribution in [3.8, 4) is 5.69 Å². The quantitative estimate of drug-likeness (QED) is 0.548. The zero-order chi connectivity index (χ0) is 17.6. The smallest absolute Gasteiger partial charge is 0.330 e. The van der Waals surface area contributed by atoms with Crippen LogP contribution in [0.25, 0.3) is 5.69 Å². The molecule has 9 heteroatoms. The number of rotatable bonds is 7. The maximum atomic E-state index is 12.5. The molecule has 0 aliphatic rings. The maximum Gasteiger partial charge on any atom is 0.330 e. The van der Waals surface area contributed by atoms with Crippen LogP contribution in [0.15, 0.2) is 47.1 Å². The lowest BCUT2D eigenvalue weighted by Crippen LogP contribution is -2.14. The lowest BCUT2D eigenvalue weighted by molar-refractivity contribution is -0.137. The van der Waals surface area contributed by atoms with E-state index in [1.54, 1.807) is 38.1 Å². The monoisotopic (exact) mass is 350 g/mol. The number of benzene rings is 1. The molecular formula is C15H18N4O4S. The minimum atomic E-state index is -3.70. The molecule has 8 nitrogen and oxygen atoms in total. The number of carbonyl (C=O) groups excluding carboxylic acids is 1. The van der Waals surface area contributed by atoms with Crippen molar-refractivity contribution in [3.05, 3.63) is 42.0 Å². The molecule has 0 spiro atoms. The predicted molar refractivity (Wildman–Crippen MR) is 86.2 cm³/mol. The van der Waals surface area contributed by atoms with Crippen LogP contribution in [0.3, 0.4) is 0 Å². The third-order valence-corrected chi connectivity index (χ3v) is 4.69. The molecule has 24 heavy (non-hydrogen) atoms. The fourth-order valence-electron chi connectivity index (χ4n) is 1.95. The average molecular weight is 350 g/mol. The van der Waals surface area contributed by atoms with Crippen molar-refractivity contribution in [3.63, 3.8) is 0 Å². The number of sulfone groups is 1. The Hall–Kier alpha value is -2.55. The van der Waals surface area contributed by atoms with E-state index in [1.165, 1.54) is 10.8 Å². The summed E-state index contributed by atoms with van der Waals surface area (Å²) in [7, 11) is -3.70. The van der Waals surface area contributed by atoms with E-state index >= 15 is 0 Å². The van der Waals surface area contributed by atoms with E-state index in [0.29, 0.717) is 11.3 Å². The second kappa shape index (κ2) is 7.82. The number of ether oxygens (including phenoxy) is 1. The summed E-state index contributed by atoms with van der Waals surface area (Å²) in [4.78, 5) is 11.4. The minimum absolute atomic E-state index is 0.183. The normalized spacial score (nSPS) is 12.2. The fraction of sp³-hybridized carbons (Fsp3) is 0.333. The number of aromatic nitrogens is 4. The SMILES string of the molecule is CCOC(=O)/C=C(\C)CCS(=O)(=O)c1nnnn1-c1ccccc1.